The van der Waals surface area contributed by atoms with E-state index in [4.69, 9.17) is 0 Å². The number of piperazine rings is 1. The summed E-state index contributed by atoms with van der Waals surface area (Å²) in [7, 11) is -3.83. The van der Waals surface area contributed by atoms with Crippen LogP contribution in [0.25, 0.3) is 0 Å². The lowest BCUT2D eigenvalue weighted by atomic mass is 10.2. The number of nitrogens with zero attached hydrogens (tertiary/aromatic N) is 2. The van der Waals surface area contributed by atoms with Crippen LogP contribution in [-0.4, -0.2) is 61.6 Å². The van der Waals surface area contributed by atoms with Crippen LogP contribution < -0.4 is 0 Å². The molecule has 0 spiro atoms. The van der Waals surface area contributed by atoms with Gasteiger partial charge >= 0.3 is 0 Å². The monoisotopic (exact) mass is 334 g/mol. The van der Waals surface area contributed by atoms with Gasteiger partial charge in [0.2, 0.25) is 10.0 Å². The molecule has 22 heavy (non-hydrogen) atoms. The predicted octanol–water partition coefficient (Wildman–Crippen LogP) is 1.04. The molecule has 1 aliphatic heterocycles. The van der Waals surface area contributed by atoms with Crippen molar-refractivity contribution in [2.24, 2.45) is 0 Å². The van der Waals surface area contributed by atoms with E-state index in [1.165, 1.54) is 4.31 Å². The Morgan fingerprint density at radius 3 is 2.32 bits per heavy atom. The Hall–Kier alpha value is -1.09. The van der Waals surface area contributed by atoms with Gasteiger partial charge in [0.15, 0.2) is 11.6 Å². The van der Waals surface area contributed by atoms with Crippen molar-refractivity contribution in [1.29, 1.82) is 0 Å². The zero-order valence-corrected chi connectivity index (χ0v) is 13.2. The van der Waals surface area contributed by atoms with Gasteiger partial charge in [-0.25, -0.2) is 17.2 Å². The molecule has 1 unspecified atom stereocenters. The summed E-state index contributed by atoms with van der Waals surface area (Å²) in [6, 6.07) is 2.62. The van der Waals surface area contributed by atoms with E-state index in [9.17, 15) is 22.3 Å². The Labute approximate surface area is 129 Å². The highest BCUT2D eigenvalue weighted by Gasteiger charge is 2.30. The lowest BCUT2D eigenvalue weighted by Gasteiger charge is -2.37. The first-order valence-corrected chi connectivity index (χ1v) is 8.64. The molecule has 1 saturated heterocycles. The lowest BCUT2D eigenvalue weighted by Crippen LogP contribution is -2.52. The van der Waals surface area contributed by atoms with Gasteiger partial charge in [-0.2, -0.15) is 4.31 Å². The van der Waals surface area contributed by atoms with Gasteiger partial charge in [-0.05, 0) is 24.6 Å². The topological polar surface area (TPSA) is 60.9 Å². The van der Waals surface area contributed by atoms with Crippen molar-refractivity contribution in [1.82, 2.24) is 9.21 Å². The molecule has 1 aromatic rings. The maximum Gasteiger partial charge on any atom is 0.243 e. The van der Waals surface area contributed by atoms with Gasteiger partial charge in [-0.15, -0.1) is 0 Å². The normalized spacial score (nSPS) is 19.3. The van der Waals surface area contributed by atoms with Crippen molar-refractivity contribution in [3.05, 3.63) is 29.8 Å². The van der Waals surface area contributed by atoms with E-state index in [2.05, 4.69) is 0 Å². The smallest absolute Gasteiger partial charge is 0.243 e. The molecule has 1 N–H and O–H groups in total. The SMILES string of the molecule is CCC(CO)N1CCN(S(=O)(=O)c2ccc(F)c(F)c2)CC1. The summed E-state index contributed by atoms with van der Waals surface area (Å²) in [6.45, 7) is 3.53. The van der Waals surface area contributed by atoms with E-state index in [1.54, 1.807) is 0 Å². The fourth-order valence-electron chi connectivity index (χ4n) is 2.60. The maximum absolute atomic E-state index is 13.2. The lowest BCUT2D eigenvalue weighted by molar-refractivity contribution is 0.0881. The van der Waals surface area contributed by atoms with Crippen LogP contribution in [0.1, 0.15) is 13.3 Å². The number of halogens is 2. The zero-order valence-electron chi connectivity index (χ0n) is 12.4. The molecular weight excluding hydrogens is 314 g/mol. The van der Waals surface area contributed by atoms with Crippen LogP contribution in [-0.2, 0) is 10.0 Å². The minimum Gasteiger partial charge on any atom is -0.395 e. The molecule has 124 valence electrons. The molecule has 0 radical (unpaired) electrons. The highest BCUT2D eigenvalue weighted by molar-refractivity contribution is 7.89. The molecule has 1 heterocycles. The van der Waals surface area contributed by atoms with E-state index in [0.29, 0.717) is 19.2 Å². The van der Waals surface area contributed by atoms with Crippen LogP contribution in [0, 0.1) is 11.6 Å². The van der Waals surface area contributed by atoms with Gasteiger partial charge in [-0.1, -0.05) is 6.92 Å². The second-order valence-electron chi connectivity index (χ2n) is 5.26. The van der Waals surface area contributed by atoms with Crippen molar-refractivity contribution in [2.45, 2.75) is 24.3 Å². The van der Waals surface area contributed by atoms with Crippen LogP contribution in [0.5, 0.6) is 0 Å². The average molecular weight is 334 g/mol. The molecule has 2 rings (SSSR count). The standard InChI is InChI=1S/C14H20F2N2O3S/c1-2-11(10-19)17-5-7-18(8-6-17)22(20,21)12-3-4-13(15)14(16)9-12/h3-4,9,11,19H,2,5-8,10H2,1H3. The Bertz CT molecular complexity index is 613. The number of benzene rings is 1. The van der Waals surface area contributed by atoms with Gasteiger partial charge in [-0.3, -0.25) is 4.90 Å². The molecular formula is C14H20F2N2O3S. The van der Waals surface area contributed by atoms with Crippen LogP contribution in [0.4, 0.5) is 8.78 Å². The van der Waals surface area contributed by atoms with Crippen molar-refractivity contribution < 1.29 is 22.3 Å². The predicted molar refractivity (Wildman–Crippen MR) is 77.9 cm³/mol. The molecule has 1 aromatic carbocycles. The summed E-state index contributed by atoms with van der Waals surface area (Å²) >= 11 is 0. The number of rotatable bonds is 5. The molecule has 1 aliphatic rings. The summed E-state index contributed by atoms with van der Waals surface area (Å²) < 4.78 is 52.3. The first kappa shape index (κ1) is 17.3. The summed E-state index contributed by atoms with van der Waals surface area (Å²) in [5.74, 6) is -2.25. The van der Waals surface area contributed by atoms with Crippen LogP contribution >= 0.6 is 0 Å². The fraction of sp³-hybridized carbons (Fsp3) is 0.571. The minimum absolute atomic E-state index is 0.0214. The van der Waals surface area contributed by atoms with E-state index < -0.39 is 21.7 Å². The zero-order chi connectivity index (χ0) is 16.3. The Balaban J connectivity index is 2.11. The molecule has 1 atom stereocenters. The molecule has 5 nitrogen and oxygen atoms in total. The van der Waals surface area contributed by atoms with Crippen molar-refractivity contribution in [2.75, 3.05) is 32.8 Å². The second kappa shape index (κ2) is 6.99. The second-order valence-corrected chi connectivity index (χ2v) is 7.20. The number of aliphatic hydroxyl groups excluding tert-OH is 1. The fourth-order valence-corrected chi connectivity index (χ4v) is 4.03. The number of aliphatic hydroxyl groups is 1. The Morgan fingerprint density at radius 2 is 1.82 bits per heavy atom. The minimum atomic E-state index is -3.83. The van der Waals surface area contributed by atoms with Crippen LogP contribution in [0.15, 0.2) is 23.1 Å². The van der Waals surface area contributed by atoms with E-state index in [1.807, 2.05) is 11.8 Å². The highest BCUT2D eigenvalue weighted by atomic mass is 32.2. The molecule has 0 aliphatic carbocycles. The van der Waals surface area contributed by atoms with Gasteiger partial charge in [0.25, 0.3) is 0 Å². The van der Waals surface area contributed by atoms with E-state index >= 15 is 0 Å². The Kier molecular flexibility index (Phi) is 5.49. The molecule has 8 heteroatoms. The van der Waals surface area contributed by atoms with Crippen LogP contribution in [0.3, 0.4) is 0 Å². The van der Waals surface area contributed by atoms with Gasteiger partial charge < -0.3 is 5.11 Å². The van der Waals surface area contributed by atoms with E-state index in [-0.39, 0.29) is 30.6 Å². The molecule has 0 amide bonds. The third-order valence-electron chi connectivity index (χ3n) is 4.00. The van der Waals surface area contributed by atoms with Gasteiger partial charge in [0, 0.05) is 32.2 Å². The van der Waals surface area contributed by atoms with Crippen LogP contribution in [0.2, 0.25) is 0 Å². The first-order valence-electron chi connectivity index (χ1n) is 7.20. The molecule has 0 aromatic heterocycles. The van der Waals surface area contributed by atoms with Crippen molar-refractivity contribution in [3.63, 3.8) is 0 Å². The van der Waals surface area contributed by atoms with Crippen molar-refractivity contribution in [3.8, 4) is 0 Å². The van der Waals surface area contributed by atoms with Gasteiger partial charge in [0.05, 0.1) is 11.5 Å². The maximum atomic E-state index is 13.2. The third-order valence-corrected chi connectivity index (χ3v) is 5.90. The number of hydrogen-bond acceptors (Lipinski definition) is 4. The largest absolute Gasteiger partial charge is 0.395 e. The van der Waals surface area contributed by atoms with E-state index in [0.717, 1.165) is 18.6 Å². The highest BCUT2D eigenvalue weighted by Crippen LogP contribution is 2.20. The summed E-state index contributed by atoms with van der Waals surface area (Å²) in [5.41, 5.74) is 0. The summed E-state index contributed by atoms with van der Waals surface area (Å²) in [4.78, 5) is 1.80. The van der Waals surface area contributed by atoms with Gasteiger partial charge in [0.1, 0.15) is 0 Å². The molecule has 0 saturated carbocycles. The third kappa shape index (κ3) is 3.45. The average Bonchev–Trinajstić information content (AvgIpc) is 2.51. The van der Waals surface area contributed by atoms with Crippen molar-refractivity contribution >= 4 is 10.0 Å². The molecule has 0 bridgehead atoms. The molecule has 1 fully saturated rings. The quantitative estimate of drug-likeness (QED) is 0.874. The number of hydrogen-bond donors (Lipinski definition) is 1. The first-order chi connectivity index (χ1) is 10.4. The number of sulfonamides is 1. The summed E-state index contributed by atoms with van der Waals surface area (Å²) in [5, 5.41) is 9.29. The summed E-state index contributed by atoms with van der Waals surface area (Å²) in [6.07, 6.45) is 0.784. The Morgan fingerprint density at radius 1 is 1.18 bits per heavy atom.